The van der Waals surface area contributed by atoms with Crippen LogP contribution >= 0.6 is 11.6 Å². The maximum atomic E-state index is 13.6. The fourth-order valence-corrected chi connectivity index (χ4v) is 4.98. The molecule has 9 heteroatoms. The molecule has 0 bridgehead atoms. The number of hydrogen-bond donors (Lipinski definition) is 0. The van der Waals surface area contributed by atoms with Crippen LogP contribution in [-0.2, 0) is 23.1 Å². The summed E-state index contributed by atoms with van der Waals surface area (Å²) in [6.45, 7) is 2.21. The number of hydrogen-bond acceptors (Lipinski definition) is 5. The lowest BCUT2D eigenvalue weighted by Crippen LogP contribution is -2.30. The van der Waals surface area contributed by atoms with Crippen LogP contribution in [0.15, 0.2) is 84.0 Å². The Bertz CT molecular complexity index is 1280. The minimum atomic E-state index is -3.81. The third kappa shape index (κ3) is 4.66. The predicted molar refractivity (Wildman–Crippen MR) is 118 cm³/mol. The first-order valence-corrected chi connectivity index (χ1v) is 11.4. The smallest absolute Gasteiger partial charge is 0.207 e. The van der Waals surface area contributed by atoms with Crippen LogP contribution in [0.4, 0.5) is 0 Å². The highest BCUT2D eigenvalue weighted by Crippen LogP contribution is 2.26. The molecule has 0 aliphatic rings. The zero-order valence-corrected chi connectivity index (χ0v) is 18.3. The Morgan fingerprint density at radius 2 is 1.71 bits per heavy atom. The number of tetrazole rings is 1. The highest BCUT2D eigenvalue weighted by molar-refractivity contribution is 7.89. The van der Waals surface area contributed by atoms with Crippen LogP contribution in [0.2, 0.25) is 5.02 Å². The van der Waals surface area contributed by atoms with Gasteiger partial charge in [-0.1, -0.05) is 60.1 Å². The van der Waals surface area contributed by atoms with Crippen molar-refractivity contribution < 1.29 is 8.42 Å². The summed E-state index contributed by atoms with van der Waals surface area (Å²) < 4.78 is 30.2. The maximum Gasteiger partial charge on any atom is 0.243 e. The summed E-state index contributed by atoms with van der Waals surface area (Å²) in [7, 11) is -3.81. The molecule has 4 aromatic rings. The van der Waals surface area contributed by atoms with E-state index < -0.39 is 10.0 Å². The minimum Gasteiger partial charge on any atom is -0.207 e. The predicted octanol–water partition coefficient (Wildman–Crippen LogP) is 4.02. The Labute approximate surface area is 186 Å². The second-order valence-electron chi connectivity index (χ2n) is 7.05. The topological polar surface area (TPSA) is 81.0 Å². The van der Waals surface area contributed by atoms with Crippen LogP contribution in [0, 0.1) is 6.92 Å². The zero-order valence-electron chi connectivity index (χ0n) is 16.8. The molecule has 0 fully saturated rings. The molecule has 31 heavy (non-hydrogen) atoms. The highest BCUT2D eigenvalue weighted by Gasteiger charge is 2.26. The molecule has 0 N–H and O–H groups in total. The van der Waals surface area contributed by atoms with Gasteiger partial charge in [-0.2, -0.15) is 4.31 Å². The molecule has 7 nitrogen and oxygen atoms in total. The summed E-state index contributed by atoms with van der Waals surface area (Å²) >= 11 is 6.33. The average Bonchev–Trinajstić information content (AvgIpc) is 3.30. The largest absolute Gasteiger partial charge is 0.243 e. The van der Waals surface area contributed by atoms with E-state index in [1.54, 1.807) is 24.3 Å². The molecule has 0 aliphatic carbocycles. The van der Waals surface area contributed by atoms with Crippen molar-refractivity contribution in [3.05, 3.63) is 101 Å². The summed E-state index contributed by atoms with van der Waals surface area (Å²) in [6, 6.07) is 21.7. The molecule has 1 heterocycles. The van der Waals surface area contributed by atoms with Gasteiger partial charge in [0.05, 0.1) is 10.6 Å². The summed E-state index contributed by atoms with van der Waals surface area (Å²) in [5.74, 6) is 0. The van der Waals surface area contributed by atoms with Crippen LogP contribution in [0.25, 0.3) is 5.69 Å². The Morgan fingerprint density at radius 3 is 2.39 bits per heavy atom. The van der Waals surface area contributed by atoms with E-state index in [9.17, 15) is 8.42 Å². The van der Waals surface area contributed by atoms with E-state index in [4.69, 9.17) is 11.6 Å². The number of rotatable bonds is 7. The van der Waals surface area contributed by atoms with Crippen molar-refractivity contribution in [2.24, 2.45) is 0 Å². The van der Waals surface area contributed by atoms with Crippen molar-refractivity contribution in [3.8, 4) is 5.69 Å². The van der Waals surface area contributed by atoms with E-state index in [1.165, 1.54) is 15.3 Å². The van der Waals surface area contributed by atoms with Crippen LogP contribution in [0.3, 0.4) is 0 Å². The number of aryl methyl sites for hydroxylation is 1. The van der Waals surface area contributed by atoms with E-state index in [2.05, 4.69) is 15.5 Å². The first-order chi connectivity index (χ1) is 14.9. The van der Waals surface area contributed by atoms with E-state index in [0.717, 1.165) is 16.7 Å². The van der Waals surface area contributed by atoms with Gasteiger partial charge in [0.1, 0.15) is 6.33 Å². The van der Waals surface area contributed by atoms with Crippen LogP contribution in [0.5, 0.6) is 0 Å². The van der Waals surface area contributed by atoms with Gasteiger partial charge in [0.15, 0.2) is 0 Å². The molecule has 1 aromatic heterocycles. The van der Waals surface area contributed by atoms with Crippen molar-refractivity contribution in [2.45, 2.75) is 24.9 Å². The first-order valence-electron chi connectivity index (χ1n) is 9.56. The quantitative estimate of drug-likeness (QED) is 0.422. The fourth-order valence-electron chi connectivity index (χ4n) is 3.30. The number of benzene rings is 3. The molecule has 0 radical (unpaired) electrons. The Balaban J connectivity index is 1.72. The number of halogens is 1. The van der Waals surface area contributed by atoms with Crippen molar-refractivity contribution in [3.63, 3.8) is 0 Å². The van der Waals surface area contributed by atoms with Crippen LogP contribution in [-0.4, -0.2) is 32.9 Å². The summed E-state index contributed by atoms with van der Waals surface area (Å²) in [5.41, 5.74) is 3.08. The Kier molecular flexibility index (Phi) is 6.13. The summed E-state index contributed by atoms with van der Waals surface area (Å²) in [4.78, 5) is 0.199. The Morgan fingerprint density at radius 1 is 0.968 bits per heavy atom. The van der Waals surface area contributed by atoms with Gasteiger partial charge < -0.3 is 0 Å². The molecule has 0 amide bonds. The van der Waals surface area contributed by atoms with Gasteiger partial charge in [-0.15, -0.1) is 5.10 Å². The molecule has 0 atom stereocenters. The SMILES string of the molecule is Cc1cc(S(=O)(=O)N(Cc2ccccc2)Cc2ccccc2Cl)ccc1-n1cnnn1. The molecular formula is C22H20ClN5O2S. The molecule has 0 saturated carbocycles. The normalized spacial score (nSPS) is 11.7. The van der Waals surface area contributed by atoms with Gasteiger partial charge in [-0.05, 0) is 58.3 Å². The Hall–Kier alpha value is -3.07. The minimum absolute atomic E-state index is 0.157. The van der Waals surface area contributed by atoms with Gasteiger partial charge >= 0.3 is 0 Å². The summed E-state index contributed by atoms with van der Waals surface area (Å²) in [6.07, 6.45) is 1.47. The van der Waals surface area contributed by atoms with E-state index in [0.29, 0.717) is 10.7 Å². The highest BCUT2D eigenvalue weighted by atomic mass is 35.5. The molecular weight excluding hydrogens is 434 g/mol. The second kappa shape index (κ2) is 8.97. The number of sulfonamides is 1. The lowest BCUT2D eigenvalue weighted by molar-refractivity contribution is 0.401. The van der Waals surface area contributed by atoms with Crippen LogP contribution < -0.4 is 0 Å². The number of aromatic nitrogens is 4. The lowest BCUT2D eigenvalue weighted by atomic mass is 10.2. The fraction of sp³-hybridized carbons (Fsp3) is 0.136. The third-order valence-corrected chi connectivity index (χ3v) is 7.06. The molecule has 0 spiro atoms. The number of nitrogens with zero attached hydrogens (tertiary/aromatic N) is 5. The van der Waals surface area contributed by atoms with Gasteiger partial charge in [-0.25, -0.2) is 13.1 Å². The molecule has 0 aliphatic heterocycles. The van der Waals surface area contributed by atoms with Gasteiger partial charge in [0, 0.05) is 18.1 Å². The van der Waals surface area contributed by atoms with E-state index in [-0.39, 0.29) is 18.0 Å². The third-order valence-electron chi connectivity index (χ3n) is 4.91. The second-order valence-corrected chi connectivity index (χ2v) is 9.40. The lowest BCUT2D eigenvalue weighted by Gasteiger charge is -2.23. The zero-order chi connectivity index (χ0) is 21.8. The van der Waals surface area contributed by atoms with Crippen molar-refractivity contribution in [2.75, 3.05) is 0 Å². The maximum absolute atomic E-state index is 13.6. The van der Waals surface area contributed by atoms with Crippen molar-refractivity contribution in [1.82, 2.24) is 24.5 Å². The molecule has 3 aromatic carbocycles. The molecule has 0 saturated heterocycles. The summed E-state index contributed by atoms with van der Waals surface area (Å²) in [5, 5.41) is 11.7. The monoisotopic (exact) mass is 453 g/mol. The van der Waals surface area contributed by atoms with Gasteiger partial charge in [0.25, 0.3) is 0 Å². The van der Waals surface area contributed by atoms with Crippen LogP contribution in [0.1, 0.15) is 16.7 Å². The van der Waals surface area contributed by atoms with E-state index >= 15 is 0 Å². The van der Waals surface area contributed by atoms with Gasteiger partial charge in [-0.3, -0.25) is 0 Å². The molecule has 0 unspecified atom stereocenters. The average molecular weight is 454 g/mol. The standard InChI is InChI=1S/C22H20ClN5O2S/c1-17-13-20(11-12-22(17)28-16-24-25-26-28)31(29,30)27(14-18-7-3-2-4-8-18)15-19-9-5-6-10-21(19)23/h2-13,16H,14-15H2,1H3. The molecule has 4 rings (SSSR count). The molecule has 158 valence electrons. The van der Waals surface area contributed by atoms with Gasteiger partial charge in [0.2, 0.25) is 10.0 Å². The van der Waals surface area contributed by atoms with Crippen molar-refractivity contribution in [1.29, 1.82) is 0 Å². The first kappa shape index (κ1) is 21.2. The van der Waals surface area contributed by atoms with E-state index in [1.807, 2.05) is 55.5 Å². The van der Waals surface area contributed by atoms with Crippen molar-refractivity contribution >= 4 is 21.6 Å².